The van der Waals surface area contributed by atoms with E-state index >= 15 is 0 Å². The van der Waals surface area contributed by atoms with Crippen LogP contribution in [0.1, 0.15) is 65.0 Å². The quantitative estimate of drug-likeness (QED) is 0.0839. The number of fused-ring (bicyclic) bond motifs is 2. The van der Waals surface area contributed by atoms with Gasteiger partial charge < -0.3 is 86.4 Å². The molecule has 3 aliphatic heterocycles. The van der Waals surface area contributed by atoms with Gasteiger partial charge in [0.1, 0.15) is 48.5 Å². The fraction of sp³-hybridized carbons (Fsp3) is 0.574. The molecule has 0 aliphatic carbocycles. The summed E-state index contributed by atoms with van der Waals surface area (Å²) >= 11 is 0. The van der Waals surface area contributed by atoms with Crippen molar-refractivity contribution in [3.8, 4) is 11.5 Å². The maximum atomic E-state index is 14.6. The van der Waals surface area contributed by atoms with E-state index in [4.69, 9.17) is 19.4 Å². The first-order valence-corrected chi connectivity index (χ1v) is 25.4. The molecule has 3 saturated heterocycles. The third-order valence-corrected chi connectivity index (χ3v) is 12.8. The molecule has 76 heavy (non-hydrogen) atoms. The van der Waals surface area contributed by atoms with Crippen molar-refractivity contribution in [2.45, 2.75) is 145 Å². The van der Waals surface area contributed by atoms with Crippen molar-refractivity contribution < 1.29 is 95.6 Å². The summed E-state index contributed by atoms with van der Waals surface area (Å²) in [5.74, 6) is -10.4. The van der Waals surface area contributed by atoms with Gasteiger partial charge in [0.05, 0.1) is 43.0 Å². The molecule has 3 aliphatic rings. The number of carbonyl (C=O) groups excluding carboxylic acids is 8. The second kappa shape index (κ2) is 25.4. The number of ether oxygens (including phenoxy) is 2. The molecular weight excluding hydrogens is 1030 g/mol. The van der Waals surface area contributed by atoms with Gasteiger partial charge in [-0.05, 0) is 51.0 Å². The van der Waals surface area contributed by atoms with Gasteiger partial charge in [0, 0.05) is 44.8 Å². The van der Waals surface area contributed by atoms with Crippen LogP contribution in [0.4, 0.5) is 4.79 Å². The van der Waals surface area contributed by atoms with Crippen LogP contribution in [0.2, 0.25) is 0 Å². The highest BCUT2D eigenvalue weighted by Crippen LogP contribution is 2.32. The molecule has 13 atom stereocenters. The number of nitrogens with zero attached hydrogens (tertiary/aromatic N) is 2. The lowest BCUT2D eigenvalue weighted by atomic mass is 9.98. The van der Waals surface area contributed by atoms with E-state index in [2.05, 4.69) is 26.6 Å². The van der Waals surface area contributed by atoms with Crippen LogP contribution in [0, 0.1) is 5.92 Å². The number of hydrogen-bond acceptors (Lipinski definition) is 19. The molecule has 0 spiro atoms. The van der Waals surface area contributed by atoms with Gasteiger partial charge in [-0.2, -0.15) is 8.42 Å². The highest BCUT2D eigenvalue weighted by Gasteiger charge is 2.50. The minimum atomic E-state index is -5.22. The van der Waals surface area contributed by atoms with Gasteiger partial charge in [-0.25, -0.2) is 4.79 Å². The Hall–Kier alpha value is -6.73. The maximum Gasteiger partial charge on any atom is 0.446 e. The number of benzene rings is 2. The standard InChI is InChI=1S/C47H66N8O20S/c1-22-19-55-38(39(22)62)43(66)49-18-26(57)15-28(50-46(69)74-47(3,4)5)40(63)51-35(23(2)56)44(67)54-20-27(58)16-29(54)41(64)52-36(42(65)53-37(45(55)68)31(60)17-34(48)61)30(59)13-25-11-12-32(33(14-25)75-76(70,71)72)73-21-24-9-7-6-8-10-24/h6-12,14,22-23,26-31,35-39,56-60,62H,13,15-21H2,1-5H3,(H2,48,61)(H,49,66)(H,50,69)(H,51,63)(H,52,64)(H,53,65)(H,70,71,72)/t22-,23+,26+,27+,28-,29-,30+,31+,35-,36-,37-,38-,39-/m0/s1. The predicted molar refractivity (Wildman–Crippen MR) is 260 cm³/mol. The average molecular weight is 1100 g/mol. The predicted octanol–water partition coefficient (Wildman–Crippen LogP) is -4.63. The Bertz CT molecular complexity index is 2570. The smallest absolute Gasteiger partial charge is 0.446 e. The second-order valence-electron chi connectivity index (χ2n) is 19.9. The molecule has 3 heterocycles. The minimum Gasteiger partial charge on any atom is -0.485 e. The van der Waals surface area contributed by atoms with Crippen LogP contribution in [0.25, 0.3) is 0 Å². The van der Waals surface area contributed by atoms with Crippen molar-refractivity contribution in [2.24, 2.45) is 11.7 Å². The minimum absolute atomic E-state index is 0.0499. The number of amides is 8. The SMILES string of the molecule is C[C@@H](O)[C@@H]1NC(=O)[C@@H](NC(=O)OC(C)(C)C)C[C@@H](O)CNC(=O)[C@@H]2[C@@H](O)[C@@H](C)CN2C(=O)[C@H]([C@H](O)CC(N)=O)NC(=O)[C@H]([C@H](O)Cc2ccc(OCc3ccccc3)c(OS(=O)(=O)O)c2)NC(=O)[C@@H]2C[C@@H](O)CN2C1=O. The summed E-state index contributed by atoms with van der Waals surface area (Å²) in [6.45, 7) is 5.21. The van der Waals surface area contributed by atoms with Crippen molar-refractivity contribution in [1.82, 2.24) is 36.4 Å². The number of β-amino-alcohol motifs (C(OH)–C–C–N with tert-alkyl or cyclic N) is 1. The number of hydrogen-bond donors (Lipinski definition) is 13. The van der Waals surface area contributed by atoms with Gasteiger partial charge in [0.15, 0.2) is 11.5 Å². The van der Waals surface area contributed by atoms with Crippen molar-refractivity contribution in [3.63, 3.8) is 0 Å². The van der Waals surface area contributed by atoms with E-state index in [0.717, 1.165) is 22.8 Å². The molecular formula is C47H66N8O20S. The molecule has 2 aromatic rings. The molecule has 0 aromatic heterocycles. The topological polar surface area (TPSA) is 433 Å². The zero-order valence-electron chi connectivity index (χ0n) is 42.1. The van der Waals surface area contributed by atoms with E-state index in [1.54, 1.807) is 30.3 Å². The van der Waals surface area contributed by atoms with Gasteiger partial charge in [-0.3, -0.25) is 38.1 Å². The lowest BCUT2D eigenvalue weighted by Crippen LogP contribution is -2.64. The zero-order chi connectivity index (χ0) is 56.6. The van der Waals surface area contributed by atoms with Crippen molar-refractivity contribution >= 4 is 57.8 Å². The van der Waals surface area contributed by atoms with Crippen LogP contribution < -0.4 is 41.2 Å². The summed E-state index contributed by atoms with van der Waals surface area (Å²) in [7, 11) is -5.22. The van der Waals surface area contributed by atoms with Gasteiger partial charge in [-0.1, -0.05) is 43.3 Å². The molecule has 3 fully saturated rings. The average Bonchev–Trinajstić information content (AvgIpc) is 3.86. The molecule has 0 bridgehead atoms. The van der Waals surface area contributed by atoms with E-state index < -0.39 is 193 Å². The maximum absolute atomic E-state index is 14.6. The summed E-state index contributed by atoms with van der Waals surface area (Å²) in [5, 5.41) is 78.9. The van der Waals surface area contributed by atoms with Gasteiger partial charge in [0.2, 0.25) is 41.4 Å². The lowest BCUT2D eigenvalue weighted by molar-refractivity contribution is -0.147. The Morgan fingerprint density at radius 2 is 1.42 bits per heavy atom. The molecule has 2 aromatic carbocycles. The molecule has 0 saturated carbocycles. The van der Waals surface area contributed by atoms with Crippen LogP contribution in [-0.4, -0.2) is 199 Å². The van der Waals surface area contributed by atoms with Crippen molar-refractivity contribution in [2.75, 3.05) is 19.6 Å². The Morgan fingerprint density at radius 1 is 0.789 bits per heavy atom. The molecule has 0 unspecified atom stereocenters. The molecule has 8 amide bonds. The van der Waals surface area contributed by atoms with Crippen LogP contribution in [0.3, 0.4) is 0 Å². The van der Waals surface area contributed by atoms with Crippen LogP contribution in [0.5, 0.6) is 11.5 Å². The number of aliphatic hydroxyl groups excluding tert-OH is 6. The lowest BCUT2D eigenvalue weighted by Gasteiger charge is -2.33. The number of primary amides is 1. The number of alkyl carbamates (subject to hydrolysis) is 1. The van der Waals surface area contributed by atoms with Gasteiger partial charge in [-0.15, -0.1) is 0 Å². The molecule has 0 radical (unpaired) electrons. The fourth-order valence-corrected chi connectivity index (χ4v) is 9.12. The number of carbonyl (C=O) groups is 8. The van der Waals surface area contributed by atoms with E-state index in [9.17, 15) is 82.0 Å². The third-order valence-electron chi connectivity index (χ3n) is 12.4. The highest BCUT2D eigenvalue weighted by atomic mass is 32.3. The number of nitrogens with two attached hydrogens (primary N) is 1. The van der Waals surface area contributed by atoms with Gasteiger partial charge in [0.25, 0.3) is 0 Å². The van der Waals surface area contributed by atoms with Crippen molar-refractivity contribution in [1.29, 1.82) is 0 Å². The van der Waals surface area contributed by atoms with E-state index in [1.807, 2.05) is 0 Å². The van der Waals surface area contributed by atoms with Crippen LogP contribution >= 0.6 is 0 Å². The number of aliphatic hydroxyl groups is 6. The highest BCUT2D eigenvalue weighted by molar-refractivity contribution is 7.81. The summed E-state index contributed by atoms with van der Waals surface area (Å²) in [4.78, 5) is 113. The summed E-state index contributed by atoms with van der Waals surface area (Å²) in [6, 6.07) is 0.248. The van der Waals surface area contributed by atoms with Crippen molar-refractivity contribution in [3.05, 3.63) is 59.7 Å². The first-order valence-electron chi connectivity index (χ1n) is 24.0. The Labute approximate surface area is 436 Å². The Kier molecular flexibility index (Phi) is 20.1. The van der Waals surface area contributed by atoms with E-state index in [1.165, 1.54) is 39.8 Å². The van der Waals surface area contributed by atoms with E-state index in [0.29, 0.717) is 5.56 Å². The Balaban J connectivity index is 1.60. The summed E-state index contributed by atoms with van der Waals surface area (Å²) < 4.78 is 49.3. The van der Waals surface area contributed by atoms with Crippen LogP contribution in [0.15, 0.2) is 48.5 Å². The fourth-order valence-electron chi connectivity index (χ4n) is 8.76. The normalized spacial score (nSPS) is 27.7. The first-order chi connectivity index (χ1) is 35.4. The molecule has 14 N–H and O–H groups in total. The number of nitrogens with one attached hydrogen (secondary N) is 5. The van der Waals surface area contributed by atoms with Gasteiger partial charge >= 0.3 is 16.5 Å². The molecule has 5 rings (SSSR count). The number of rotatable bonds is 13. The zero-order valence-corrected chi connectivity index (χ0v) is 42.9. The Morgan fingerprint density at radius 3 is 2.04 bits per heavy atom. The molecule has 420 valence electrons. The first kappa shape index (κ1) is 60.1. The molecule has 28 nitrogen and oxygen atoms in total. The van der Waals surface area contributed by atoms with Crippen LogP contribution in [-0.2, 0) is 61.7 Å². The second-order valence-corrected chi connectivity index (χ2v) is 20.9. The summed E-state index contributed by atoms with van der Waals surface area (Å²) in [6.07, 6.45) is -15.1. The summed E-state index contributed by atoms with van der Waals surface area (Å²) in [5.41, 5.74) is 4.86. The van der Waals surface area contributed by atoms with E-state index in [-0.39, 0.29) is 17.9 Å². The largest absolute Gasteiger partial charge is 0.485 e. The third kappa shape index (κ3) is 16.4. The monoisotopic (exact) mass is 1090 g/mol. The molecule has 29 heteroatoms.